The van der Waals surface area contributed by atoms with Crippen molar-refractivity contribution in [3.8, 4) is 11.8 Å². The molecule has 0 atom stereocenters. The van der Waals surface area contributed by atoms with Gasteiger partial charge in [-0.1, -0.05) is 12.1 Å². The number of amides is 1. The lowest BCUT2D eigenvalue weighted by atomic mass is 9.95. The normalized spacial score (nSPS) is 11.5. The highest BCUT2D eigenvalue weighted by Gasteiger charge is 2.17. The van der Waals surface area contributed by atoms with Crippen LogP contribution < -0.4 is 5.32 Å². The molecule has 0 aliphatic rings. The number of aryl methyl sites for hydroxylation is 1. The van der Waals surface area contributed by atoms with Crippen LogP contribution in [0.15, 0.2) is 61.1 Å². The minimum Gasteiger partial charge on any atom is -0.322 e. The third kappa shape index (κ3) is 3.35. The summed E-state index contributed by atoms with van der Waals surface area (Å²) in [7, 11) is 1.85. The Balaban J connectivity index is 1.72. The van der Waals surface area contributed by atoms with Gasteiger partial charge in [0.2, 0.25) is 0 Å². The highest BCUT2D eigenvalue weighted by atomic mass is 16.1. The number of fused-ring (bicyclic) bond motifs is 1. The monoisotopic (exact) mass is 396 g/mol. The van der Waals surface area contributed by atoms with Crippen molar-refractivity contribution in [1.82, 2.24) is 19.6 Å². The summed E-state index contributed by atoms with van der Waals surface area (Å²) in [5.41, 5.74) is 4.81. The summed E-state index contributed by atoms with van der Waals surface area (Å²) in [6, 6.07) is 13.0. The largest absolute Gasteiger partial charge is 0.322 e. The summed E-state index contributed by atoms with van der Waals surface area (Å²) >= 11 is 0. The summed E-state index contributed by atoms with van der Waals surface area (Å²) in [5.74, 6) is -0.268. The van der Waals surface area contributed by atoms with Crippen molar-refractivity contribution in [1.29, 1.82) is 5.26 Å². The number of hydrogen-bond donors (Lipinski definition) is 1. The van der Waals surface area contributed by atoms with Crippen LogP contribution in [0.2, 0.25) is 0 Å². The molecule has 0 unspecified atom stereocenters. The molecular weight excluding hydrogens is 376 g/mol. The SMILES string of the molecule is C/C=C(\C)c1c(C#N)cccc1C(=O)Nc1ccc2cnn(-c3cnn(C)c3)c2c1. The third-order valence-electron chi connectivity index (χ3n) is 5.02. The van der Waals surface area contributed by atoms with E-state index in [9.17, 15) is 10.1 Å². The minimum atomic E-state index is -0.268. The van der Waals surface area contributed by atoms with Gasteiger partial charge in [-0.05, 0) is 49.8 Å². The van der Waals surface area contributed by atoms with Crippen LogP contribution in [0, 0.1) is 11.3 Å². The van der Waals surface area contributed by atoms with E-state index in [4.69, 9.17) is 0 Å². The fourth-order valence-corrected chi connectivity index (χ4v) is 3.42. The first-order chi connectivity index (χ1) is 14.5. The molecular formula is C23H20N6O. The predicted octanol–water partition coefficient (Wildman–Crippen LogP) is 4.31. The second kappa shape index (κ2) is 7.68. The molecule has 4 rings (SSSR count). The van der Waals surface area contributed by atoms with Gasteiger partial charge in [0.25, 0.3) is 5.91 Å². The van der Waals surface area contributed by atoms with Crippen molar-refractivity contribution < 1.29 is 4.79 Å². The number of carbonyl (C=O) groups is 1. The fourth-order valence-electron chi connectivity index (χ4n) is 3.42. The van der Waals surface area contributed by atoms with Crippen LogP contribution >= 0.6 is 0 Å². The number of nitrogens with zero attached hydrogens (tertiary/aromatic N) is 5. The van der Waals surface area contributed by atoms with Crippen molar-refractivity contribution in [2.75, 3.05) is 5.32 Å². The number of nitriles is 1. The van der Waals surface area contributed by atoms with Gasteiger partial charge in [0, 0.05) is 29.2 Å². The zero-order valence-corrected chi connectivity index (χ0v) is 16.9. The van der Waals surface area contributed by atoms with Crippen molar-refractivity contribution in [3.63, 3.8) is 0 Å². The van der Waals surface area contributed by atoms with Gasteiger partial charge in [0.15, 0.2) is 0 Å². The average molecular weight is 396 g/mol. The predicted molar refractivity (Wildman–Crippen MR) is 116 cm³/mol. The summed E-state index contributed by atoms with van der Waals surface area (Å²) in [4.78, 5) is 13.1. The highest BCUT2D eigenvalue weighted by Crippen LogP contribution is 2.26. The summed E-state index contributed by atoms with van der Waals surface area (Å²) < 4.78 is 3.49. The molecule has 0 spiro atoms. The molecule has 0 radical (unpaired) electrons. The van der Waals surface area contributed by atoms with E-state index in [2.05, 4.69) is 21.6 Å². The van der Waals surface area contributed by atoms with Crippen LogP contribution in [0.3, 0.4) is 0 Å². The number of anilines is 1. The summed E-state index contributed by atoms with van der Waals surface area (Å²) in [5, 5.41) is 22.0. The van der Waals surface area contributed by atoms with Gasteiger partial charge in [-0.3, -0.25) is 9.48 Å². The van der Waals surface area contributed by atoms with Gasteiger partial charge in [-0.2, -0.15) is 15.5 Å². The van der Waals surface area contributed by atoms with Crippen LogP contribution in [0.4, 0.5) is 5.69 Å². The minimum absolute atomic E-state index is 0.268. The Morgan fingerprint density at radius 1 is 1.20 bits per heavy atom. The first-order valence-electron chi connectivity index (χ1n) is 9.46. The molecule has 0 fully saturated rings. The number of nitrogens with one attached hydrogen (secondary N) is 1. The van der Waals surface area contributed by atoms with Crippen molar-refractivity contribution in [3.05, 3.63) is 77.8 Å². The number of allylic oxidation sites excluding steroid dienone is 2. The molecule has 0 bridgehead atoms. The van der Waals surface area contributed by atoms with Crippen LogP contribution in [0.25, 0.3) is 22.2 Å². The van der Waals surface area contributed by atoms with Gasteiger partial charge in [0.05, 0.1) is 35.7 Å². The number of hydrogen-bond acceptors (Lipinski definition) is 4. The summed E-state index contributed by atoms with van der Waals surface area (Å²) in [6.07, 6.45) is 7.28. The van der Waals surface area contributed by atoms with Crippen LogP contribution in [-0.4, -0.2) is 25.5 Å². The lowest BCUT2D eigenvalue weighted by Gasteiger charge is -2.12. The topological polar surface area (TPSA) is 88.5 Å². The fraction of sp³-hybridized carbons (Fsp3) is 0.130. The molecule has 0 saturated heterocycles. The smallest absolute Gasteiger partial charge is 0.256 e. The van der Waals surface area contributed by atoms with Gasteiger partial charge in [0.1, 0.15) is 5.69 Å². The molecule has 0 aliphatic carbocycles. The maximum absolute atomic E-state index is 13.1. The van der Waals surface area contributed by atoms with Gasteiger partial charge in [-0.15, -0.1) is 0 Å². The number of rotatable bonds is 4. The quantitative estimate of drug-likeness (QED) is 0.557. The average Bonchev–Trinajstić information content (AvgIpc) is 3.38. The molecule has 0 saturated carbocycles. The number of aromatic nitrogens is 4. The Morgan fingerprint density at radius 2 is 2.03 bits per heavy atom. The second-order valence-corrected chi connectivity index (χ2v) is 6.97. The molecule has 30 heavy (non-hydrogen) atoms. The summed E-state index contributed by atoms with van der Waals surface area (Å²) in [6.45, 7) is 3.78. The lowest BCUT2D eigenvalue weighted by Crippen LogP contribution is -2.14. The van der Waals surface area contributed by atoms with Gasteiger partial charge in [-0.25, -0.2) is 4.68 Å². The van der Waals surface area contributed by atoms with E-state index in [1.54, 1.807) is 40.0 Å². The van der Waals surface area contributed by atoms with E-state index in [1.165, 1.54) is 0 Å². The Kier molecular flexibility index (Phi) is 4.90. The molecule has 2 aromatic heterocycles. The van der Waals surface area contributed by atoms with Crippen molar-refractivity contribution in [2.24, 2.45) is 7.05 Å². The lowest BCUT2D eigenvalue weighted by molar-refractivity contribution is 0.102. The van der Waals surface area contributed by atoms with E-state index in [0.29, 0.717) is 22.4 Å². The van der Waals surface area contributed by atoms with E-state index in [0.717, 1.165) is 22.2 Å². The van der Waals surface area contributed by atoms with Crippen molar-refractivity contribution in [2.45, 2.75) is 13.8 Å². The van der Waals surface area contributed by atoms with Crippen LogP contribution in [0.1, 0.15) is 35.3 Å². The molecule has 2 heterocycles. The standard InChI is InChI=1S/C23H20N6O/c1-4-15(2)22-16(11-24)6-5-7-20(22)23(30)27-18-9-8-17-12-26-29(21(17)10-18)19-13-25-28(3)14-19/h4-10,12-14H,1-3H3,(H,27,30)/b15-4+. The van der Waals surface area contributed by atoms with Gasteiger partial charge < -0.3 is 5.32 Å². The van der Waals surface area contributed by atoms with E-state index in [1.807, 2.05) is 51.4 Å². The molecule has 1 N–H and O–H groups in total. The second-order valence-electron chi connectivity index (χ2n) is 6.97. The Labute approximate surface area is 173 Å². The number of benzene rings is 2. The maximum Gasteiger partial charge on any atom is 0.256 e. The molecule has 0 aliphatic heterocycles. The zero-order valence-electron chi connectivity index (χ0n) is 16.9. The third-order valence-corrected chi connectivity index (χ3v) is 5.02. The van der Waals surface area contributed by atoms with Crippen LogP contribution in [0.5, 0.6) is 0 Å². The molecule has 148 valence electrons. The maximum atomic E-state index is 13.1. The van der Waals surface area contributed by atoms with E-state index >= 15 is 0 Å². The first-order valence-corrected chi connectivity index (χ1v) is 9.46. The Bertz CT molecular complexity index is 1340. The Morgan fingerprint density at radius 3 is 2.73 bits per heavy atom. The Hall–Kier alpha value is -4.18. The number of carbonyl (C=O) groups excluding carboxylic acids is 1. The van der Waals surface area contributed by atoms with Crippen molar-refractivity contribution >= 4 is 28.1 Å². The first kappa shape index (κ1) is 19.2. The van der Waals surface area contributed by atoms with Gasteiger partial charge >= 0.3 is 0 Å². The van der Waals surface area contributed by atoms with Crippen LogP contribution in [-0.2, 0) is 7.05 Å². The van der Waals surface area contributed by atoms with E-state index < -0.39 is 0 Å². The van der Waals surface area contributed by atoms with E-state index in [-0.39, 0.29) is 5.91 Å². The highest BCUT2D eigenvalue weighted by molar-refractivity contribution is 6.08. The molecule has 1 amide bonds. The molecule has 7 heteroatoms. The molecule has 2 aromatic carbocycles. The molecule has 4 aromatic rings. The molecule has 7 nitrogen and oxygen atoms in total. The zero-order chi connectivity index (χ0) is 21.3.